The molecule has 0 radical (unpaired) electrons. The maximum Gasteiger partial charge on any atom is 0.317 e. The van der Waals surface area contributed by atoms with E-state index in [2.05, 4.69) is 30.3 Å². The van der Waals surface area contributed by atoms with Crippen molar-refractivity contribution in [3.63, 3.8) is 0 Å². The molecule has 0 spiro atoms. The van der Waals surface area contributed by atoms with Crippen molar-refractivity contribution in [3.05, 3.63) is 17.5 Å². The first-order valence-corrected chi connectivity index (χ1v) is 8.49. The first-order valence-electron chi connectivity index (χ1n) is 8.49. The SMILES string of the molecule is Cc1cc(C)n(CC(C)CNC(=O)N(C)C2CCCCC2)n1. The summed E-state index contributed by atoms with van der Waals surface area (Å²) in [5.74, 6) is 0.363. The second-order valence-electron chi connectivity index (χ2n) is 6.80. The van der Waals surface area contributed by atoms with Crippen molar-refractivity contribution in [2.24, 2.45) is 5.92 Å². The molecule has 2 amide bonds. The predicted octanol–water partition coefficient (Wildman–Crippen LogP) is 3.11. The van der Waals surface area contributed by atoms with Gasteiger partial charge in [0, 0.05) is 31.9 Å². The van der Waals surface area contributed by atoms with Gasteiger partial charge in [-0.05, 0) is 38.7 Å². The van der Waals surface area contributed by atoms with Gasteiger partial charge in [-0.3, -0.25) is 4.68 Å². The van der Waals surface area contributed by atoms with Gasteiger partial charge in [-0.1, -0.05) is 26.2 Å². The van der Waals surface area contributed by atoms with E-state index >= 15 is 0 Å². The lowest BCUT2D eigenvalue weighted by Gasteiger charge is -2.31. The Hall–Kier alpha value is -1.52. The van der Waals surface area contributed by atoms with Crippen molar-refractivity contribution < 1.29 is 4.79 Å². The van der Waals surface area contributed by atoms with Gasteiger partial charge in [-0.15, -0.1) is 0 Å². The van der Waals surface area contributed by atoms with Crippen molar-refractivity contribution >= 4 is 6.03 Å². The summed E-state index contributed by atoms with van der Waals surface area (Å²) in [5, 5.41) is 7.55. The number of urea groups is 1. The van der Waals surface area contributed by atoms with E-state index < -0.39 is 0 Å². The molecule has 1 N–H and O–H groups in total. The second-order valence-corrected chi connectivity index (χ2v) is 6.80. The molecule has 0 saturated heterocycles. The molecule has 124 valence electrons. The van der Waals surface area contributed by atoms with Crippen LogP contribution in [0.3, 0.4) is 0 Å². The van der Waals surface area contributed by atoms with E-state index in [0.717, 1.165) is 25.1 Å². The summed E-state index contributed by atoms with van der Waals surface area (Å²) in [5.41, 5.74) is 2.22. The first kappa shape index (κ1) is 16.8. The van der Waals surface area contributed by atoms with E-state index in [1.165, 1.54) is 25.0 Å². The Bertz CT molecular complexity index is 491. The zero-order chi connectivity index (χ0) is 16.1. The number of hydrogen-bond donors (Lipinski definition) is 1. The molecule has 1 aliphatic rings. The Morgan fingerprint density at radius 3 is 2.68 bits per heavy atom. The van der Waals surface area contributed by atoms with E-state index in [1.54, 1.807) is 0 Å². The lowest BCUT2D eigenvalue weighted by molar-refractivity contribution is 0.172. The van der Waals surface area contributed by atoms with Gasteiger partial charge >= 0.3 is 6.03 Å². The van der Waals surface area contributed by atoms with Gasteiger partial charge in [0.1, 0.15) is 0 Å². The van der Waals surface area contributed by atoms with Crippen LogP contribution in [0.1, 0.15) is 50.4 Å². The number of carbonyl (C=O) groups is 1. The smallest absolute Gasteiger partial charge is 0.317 e. The Balaban J connectivity index is 1.76. The summed E-state index contributed by atoms with van der Waals surface area (Å²) in [6, 6.07) is 2.56. The zero-order valence-electron chi connectivity index (χ0n) is 14.4. The molecule has 1 heterocycles. The third-order valence-electron chi connectivity index (χ3n) is 4.63. The molecule has 1 aromatic heterocycles. The topological polar surface area (TPSA) is 50.2 Å². The molecule has 0 aliphatic heterocycles. The molecule has 5 nitrogen and oxygen atoms in total. The predicted molar refractivity (Wildman–Crippen MR) is 88.9 cm³/mol. The van der Waals surface area contributed by atoms with Crippen molar-refractivity contribution in [3.8, 4) is 0 Å². The average molecular weight is 306 g/mol. The molecule has 1 unspecified atom stereocenters. The molecule has 1 saturated carbocycles. The van der Waals surface area contributed by atoms with Gasteiger partial charge in [0.25, 0.3) is 0 Å². The number of amides is 2. The van der Waals surface area contributed by atoms with Crippen LogP contribution in [0, 0.1) is 19.8 Å². The quantitative estimate of drug-likeness (QED) is 0.908. The summed E-state index contributed by atoms with van der Waals surface area (Å²) < 4.78 is 2.02. The number of nitrogens with one attached hydrogen (secondary N) is 1. The van der Waals surface area contributed by atoms with Gasteiger partial charge < -0.3 is 10.2 Å². The lowest BCUT2D eigenvalue weighted by atomic mass is 9.95. The number of hydrogen-bond acceptors (Lipinski definition) is 2. The molecular weight excluding hydrogens is 276 g/mol. The van der Waals surface area contributed by atoms with Gasteiger partial charge in [-0.2, -0.15) is 5.10 Å². The molecule has 1 fully saturated rings. The maximum atomic E-state index is 12.3. The normalized spacial score (nSPS) is 17.3. The van der Waals surface area contributed by atoms with Crippen molar-refractivity contribution in [2.75, 3.05) is 13.6 Å². The highest BCUT2D eigenvalue weighted by molar-refractivity contribution is 5.74. The van der Waals surface area contributed by atoms with Crippen LogP contribution < -0.4 is 5.32 Å². The van der Waals surface area contributed by atoms with Crippen molar-refractivity contribution in [1.29, 1.82) is 0 Å². The van der Waals surface area contributed by atoms with Crippen LogP contribution in [0.4, 0.5) is 4.79 Å². The molecule has 1 atom stereocenters. The van der Waals surface area contributed by atoms with Crippen molar-refractivity contribution in [2.45, 2.75) is 65.5 Å². The molecule has 0 bridgehead atoms. The minimum Gasteiger partial charge on any atom is -0.338 e. The largest absolute Gasteiger partial charge is 0.338 e. The molecule has 1 aliphatic carbocycles. The van der Waals surface area contributed by atoms with Crippen LogP contribution in [0.2, 0.25) is 0 Å². The Morgan fingerprint density at radius 2 is 2.09 bits per heavy atom. The monoisotopic (exact) mass is 306 g/mol. The molecule has 22 heavy (non-hydrogen) atoms. The highest BCUT2D eigenvalue weighted by Crippen LogP contribution is 2.21. The summed E-state index contributed by atoms with van der Waals surface area (Å²) in [4.78, 5) is 14.2. The maximum absolute atomic E-state index is 12.3. The van der Waals surface area contributed by atoms with E-state index in [9.17, 15) is 4.79 Å². The van der Waals surface area contributed by atoms with E-state index in [-0.39, 0.29) is 6.03 Å². The van der Waals surface area contributed by atoms with Crippen LogP contribution in [-0.4, -0.2) is 40.3 Å². The zero-order valence-corrected chi connectivity index (χ0v) is 14.4. The third-order valence-corrected chi connectivity index (χ3v) is 4.63. The fraction of sp³-hybridized carbons (Fsp3) is 0.765. The molecule has 0 aromatic carbocycles. The van der Waals surface area contributed by atoms with Crippen LogP contribution >= 0.6 is 0 Å². The highest BCUT2D eigenvalue weighted by atomic mass is 16.2. The van der Waals surface area contributed by atoms with Gasteiger partial charge in [0.15, 0.2) is 0 Å². The number of rotatable bonds is 5. The number of aromatic nitrogens is 2. The van der Waals surface area contributed by atoms with E-state index in [1.807, 2.05) is 23.6 Å². The fourth-order valence-electron chi connectivity index (χ4n) is 3.24. The fourth-order valence-corrected chi connectivity index (χ4v) is 3.24. The summed E-state index contributed by atoms with van der Waals surface area (Å²) in [6.07, 6.45) is 6.09. The number of nitrogens with zero attached hydrogens (tertiary/aromatic N) is 3. The third kappa shape index (κ3) is 4.49. The number of carbonyl (C=O) groups excluding carboxylic acids is 1. The standard InChI is InChI=1S/C17H30N4O/c1-13(12-21-15(3)10-14(2)19-21)11-18-17(22)20(4)16-8-6-5-7-9-16/h10,13,16H,5-9,11-12H2,1-4H3,(H,18,22). The average Bonchev–Trinajstić information content (AvgIpc) is 2.82. The van der Waals surface area contributed by atoms with Crippen LogP contribution in [0.15, 0.2) is 6.07 Å². The summed E-state index contributed by atoms with van der Waals surface area (Å²) >= 11 is 0. The van der Waals surface area contributed by atoms with E-state index in [0.29, 0.717) is 18.5 Å². The Morgan fingerprint density at radius 1 is 1.41 bits per heavy atom. The van der Waals surface area contributed by atoms with Gasteiger partial charge in [0.2, 0.25) is 0 Å². The summed E-state index contributed by atoms with van der Waals surface area (Å²) in [6.45, 7) is 7.76. The second kappa shape index (κ2) is 7.65. The van der Waals surface area contributed by atoms with Crippen LogP contribution in [0.5, 0.6) is 0 Å². The molecule has 5 heteroatoms. The Labute approximate surface area is 134 Å². The molecular formula is C17H30N4O. The minimum absolute atomic E-state index is 0.0621. The lowest BCUT2D eigenvalue weighted by Crippen LogP contribution is -2.45. The Kier molecular flexibility index (Phi) is 5.86. The van der Waals surface area contributed by atoms with Gasteiger partial charge in [-0.25, -0.2) is 4.79 Å². The summed E-state index contributed by atoms with van der Waals surface area (Å²) in [7, 11) is 1.93. The number of aryl methyl sites for hydroxylation is 2. The first-order chi connectivity index (χ1) is 10.5. The highest BCUT2D eigenvalue weighted by Gasteiger charge is 2.22. The van der Waals surface area contributed by atoms with Crippen molar-refractivity contribution in [1.82, 2.24) is 20.0 Å². The van der Waals surface area contributed by atoms with Gasteiger partial charge in [0.05, 0.1) is 5.69 Å². The molecule has 1 aromatic rings. The minimum atomic E-state index is 0.0621. The van der Waals surface area contributed by atoms with Crippen LogP contribution in [0.25, 0.3) is 0 Å². The molecule has 2 rings (SSSR count). The van der Waals surface area contributed by atoms with Crippen LogP contribution in [-0.2, 0) is 6.54 Å². The van der Waals surface area contributed by atoms with E-state index in [4.69, 9.17) is 0 Å².